The molecule has 1 aromatic rings. The van der Waals surface area contributed by atoms with E-state index in [9.17, 15) is 4.79 Å². The summed E-state index contributed by atoms with van der Waals surface area (Å²) in [5.74, 6) is 0.588. The number of likely N-dealkylation sites (tertiary alicyclic amines) is 1. The monoisotopic (exact) mass is 314 g/mol. The number of hydrogen-bond donors (Lipinski definition) is 1. The molecule has 2 rings (SSSR count). The minimum absolute atomic E-state index is 0.0671. The molecule has 0 spiro atoms. The van der Waals surface area contributed by atoms with E-state index in [1.807, 2.05) is 4.90 Å². The van der Waals surface area contributed by atoms with E-state index >= 15 is 0 Å². The zero-order valence-electron chi connectivity index (χ0n) is 11.6. The van der Waals surface area contributed by atoms with Gasteiger partial charge in [-0.05, 0) is 30.9 Å². The lowest BCUT2D eigenvalue weighted by Crippen LogP contribution is -2.49. The molecule has 2 unspecified atom stereocenters. The number of halogens is 2. The fourth-order valence-corrected chi connectivity index (χ4v) is 3.20. The molecule has 1 heterocycles. The first-order valence-electron chi connectivity index (χ1n) is 7.03. The molecule has 1 aliphatic rings. The Kier molecular flexibility index (Phi) is 5.30. The average Bonchev–Trinajstić information content (AvgIpc) is 2.48. The van der Waals surface area contributed by atoms with Crippen LogP contribution in [0.15, 0.2) is 18.2 Å². The van der Waals surface area contributed by atoms with Gasteiger partial charge < -0.3 is 10.6 Å². The SMILES string of the molecule is CCC1CCN(C(=O)c2cccc(Cl)c2Cl)C(CN)C1. The highest BCUT2D eigenvalue weighted by molar-refractivity contribution is 6.43. The molecule has 0 aromatic heterocycles. The zero-order valence-corrected chi connectivity index (χ0v) is 13.1. The Labute approximate surface area is 130 Å². The van der Waals surface area contributed by atoms with Crippen LogP contribution in [0.25, 0.3) is 0 Å². The molecule has 1 aliphatic heterocycles. The smallest absolute Gasteiger partial charge is 0.255 e. The van der Waals surface area contributed by atoms with E-state index in [-0.39, 0.29) is 11.9 Å². The van der Waals surface area contributed by atoms with Gasteiger partial charge >= 0.3 is 0 Å². The molecule has 20 heavy (non-hydrogen) atoms. The largest absolute Gasteiger partial charge is 0.334 e. The molecule has 0 bridgehead atoms. The summed E-state index contributed by atoms with van der Waals surface area (Å²) in [6.45, 7) is 3.41. The van der Waals surface area contributed by atoms with Crippen molar-refractivity contribution in [3.05, 3.63) is 33.8 Å². The van der Waals surface area contributed by atoms with Gasteiger partial charge in [-0.3, -0.25) is 4.79 Å². The maximum absolute atomic E-state index is 12.7. The van der Waals surface area contributed by atoms with Gasteiger partial charge in [0.1, 0.15) is 0 Å². The number of amides is 1. The Balaban J connectivity index is 2.22. The second-order valence-corrected chi connectivity index (χ2v) is 6.07. The van der Waals surface area contributed by atoms with Crippen molar-refractivity contribution in [1.82, 2.24) is 4.90 Å². The Hall–Kier alpha value is -0.770. The Morgan fingerprint density at radius 2 is 2.20 bits per heavy atom. The van der Waals surface area contributed by atoms with E-state index in [4.69, 9.17) is 28.9 Å². The van der Waals surface area contributed by atoms with E-state index in [1.54, 1.807) is 18.2 Å². The normalized spacial score (nSPS) is 22.9. The highest BCUT2D eigenvalue weighted by Gasteiger charge is 2.31. The van der Waals surface area contributed by atoms with Gasteiger partial charge in [-0.15, -0.1) is 0 Å². The molecule has 110 valence electrons. The van der Waals surface area contributed by atoms with Crippen molar-refractivity contribution in [1.29, 1.82) is 0 Å². The third kappa shape index (κ3) is 3.11. The van der Waals surface area contributed by atoms with Crippen molar-refractivity contribution in [3.63, 3.8) is 0 Å². The topological polar surface area (TPSA) is 46.3 Å². The Bertz CT molecular complexity index is 493. The van der Waals surface area contributed by atoms with Gasteiger partial charge in [-0.2, -0.15) is 0 Å². The number of carbonyl (C=O) groups is 1. The van der Waals surface area contributed by atoms with Crippen LogP contribution in [0.2, 0.25) is 10.0 Å². The van der Waals surface area contributed by atoms with Crippen molar-refractivity contribution >= 4 is 29.1 Å². The number of benzene rings is 1. The van der Waals surface area contributed by atoms with E-state index in [2.05, 4.69) is 6.92 Å². The lowest BCUT2D eigenvalue weighted by molar-refractivity contribution is 0.0559. The second kappa shape index (κ2) is 6.79. The summed E-state index contributed by atoms with van der Waals surface area (Å²) in [7, 11) is 0. The molecular weight excluding hydrogens is 295 g/mol. The predicted molar refractivity (Wildman–Crippen MR) is 83.4 cm³/mol. The van der Waals surface area contributed by atoms with Crippen molar-refractivity contribution in [2.24, 2.45) is 11.7 Å². The molecule has 3 nitrogen and oxygen atoms in total. The second-order valence-electron chi connectivity index (χ2n) is 5.29. The van der Waals surface area contributed by atoms with Crippen LogP contribution in [0.3, 0.4) is 0 Å². The molecular formula is C15H20Cl2N2O. The van der Waals surface area contributed by atoms with Crippen LogP contribution in [-0.4, -0.2) is 29.9 Å². The van der Waals surface area contributed by atoms with Gasteiger partial charge in [0.25, 0.3) is 5.91 Å². The number of nitrogens with zero attached hydrogens (tertiary/aromatic N) is 1. The zero-order chi connectivity index (χ0) is 14.7. The molecule has 2 atom stereocenters. The average molecular weight is 315 g/mol. The van der Waals surface area contributed by atoms with Gasteiger partial charge in [0, 0.05) is 19.1 Å². The molecule has 1 aromatic carbocycles. The van der Waals surface area contributed by atoms with E-state index in [1.165, 1.54) is 0 Å². The molecule has 1 saturated heterocycles. The van der Waals surface area contributed by atoms with Gasteiger partial charge in [0.05, 0.1) is 15.6 Å². The lowest BCUT2D eigenvalue weighted by atomic mass is 9.88. The van der Waals surface area contributed by atoms with Crippen molar-refractivity contribution < 1.29 is 4.79 Å². The van der Waals surface area contributed by atoms with Crippen molar-refractivity contribution in [2.75, 3.05) is 13.1 Å². The van der Waals surface area contributed by atoms with Crippen LogP contribution in [0.5, 0.6) is 0 Å². The number of hydrogen-bond acceptors (Lipinski definition) is 2. The summed E-state index contributed by atoms with van der Waals surface area (Å²) in [4.78, 5) is 14.5. The summed E-state index contributed by atoms with van der Waals surface area (Å²) in [6.07, 6.45) is 3.13. The number of nitrogens with two attached hydrogens (primary N) is 1. The number of rotatable bonds is 3. The van der Waals surface area contributed by atoms with Crippen molar-refractivity contribution in [3.8, 4) is 0 Å². The number of piperidine rings is 1. The first-order valence-corrected chi connectivity index (χ1v) is 7.79. The van der Waals surface area contributed by atoms with Crippen molar-refractivity contribution in [2.45, 2.75) is 32.2 Å². The first-order chi connectivity index (χ1) is 9.58. The third-order valence-electron chi connectivity index (χ3n) is 4.12. The van der Waals surface area contributed by atoms with Crippen LogP contribution < -0.4 is 5.73 Å². The highest BCUT2D eigenvalue weighted by Crippen LogP contribution is 2.30. The Morgan fingerprint density at radius 1 is 1.45 bits per heavy atom. The van der Waals surface area contributed by atoms with Gasteiger partial charge in [-0.25, -0.2) is 0 Å². The summed E-state index contributed by atoms with van der Waals surface area (Å²) in [5, 5.41) is 0.734. The van der Waals surface area contributed by atoms with E-state index in [0.29, 0.717) is 28.1 Å². The number of carbonyl (C=O) groups excluding carboxylic acids is 1. The van der Waals surface area contributed by atoms with Crippen LogP contribution >= 0.6 is 23.2 Å². The fraction of sp³-hybridized carbons (Fsp3) is 0.533. The van der Waals surface area contributed by atoms with E-state index in [0.717, 1.165) is 25.8 Å². The third-order valence-corrected chi connectivity index (χ3v) is 4.94. The van der Waals surface area contributed by atoms with Gasteiger partial charge in [-0.1, -0.05) is 42.6 Å². The minimum Gasteiger partial charge on any atom is -0.334 e. The maximum Gasteiger partial charge on any atom is 0.255 e. The molecule has 0 aliphatic carbocycles. The summed E-state index contributed by atoms with van der Waals surface area (Å²) < 4.78 is 0. The molecule has 2 N–H and O–H groups in total. The summed E-state index contributed by atoms with van der Waals surface area (Å²) in [5.41, 5.74) is 6.31. The van der Waals surface area contributed by atoms with Crippen LogP contribution in [0.1, 0.15) is 36.5 Å². The maximum atomic E-state index is 12.7. The summed E-state index contributed by atoms with van der Waals surface area (Å²) in [6, 6.07) is 5.24. The fourth-order valence-electron chi connectivity index (χ4n) is 2.82. The first kappa shape index (κ1) is 15.6. The molecule has 0 radical (unpaired) electrons. The molecule has 0 saturated carbocycles. The highest BCUT2D eigenvalue weighted by atomic mass is 35.5. The van der Waals surface area contributed by atoms with Gasteiger partial charge in [0.2, 0.25) is 0 Å². The summed E-state index contributed by atoms with van der Waals surface area (Å²) >= 11 is 12.1. The van der Waals surface area contributed by atoms with Crippen LogP contribution in [-0.2, 0) is 0 Å². The molecule has 1 amide bonds. The standard InChI is InChI=1S/C15H20Cl2N2O/c1-2-10-6-7-19(11(8-10)9-18)15(20)12-4-3-5-13(16)14(12)17/h3-5,10-11H,2,6-9,18H2,1H3. The van der Waals surface area contributed by atoms with Crippen LogP contribution in [0.4, 0.5) is 0 Å². The Morgan fingerprint density at radius 3 is 2.85 bits per heavy atom. The quantitative estimate of drug-likeness (QED) is 0.926. The lowest BCUT2D eigenvalue weighted by Gasteiger charge is -2.39. The molecule has 5 heteroatoms. The molecule has 1 fully saturated rings. The van der Waals surface area contributed by atoms with Crippen LogP contribution in [0, 0.1) is 5.92 Å². The van der Waals surface area contributed by atoms with E-state index < -0.39 is 0 Å². The minimum atomic E-state index is -0.0671. The predicted octanol–water partition coefficient (Wildman–Crippen LogP) is 3.58. The van der Waals surface area contributed by atoms with Gasteiger partial charge in [0.15, 0.2) is 0 Å².